The predicted molar refractivity (Wildman–Crippen MR) is 129 cm³/mol. The van der Waals surface area contributed by atoms with Crippen molar-refractivity contribution in [2.75, 3.05) is 19.0 Å². The number of benzene rings is 2. The van der Waals surface area contributed by atoms with E-state index in [1.54, 1.807) is 32.0 Å². The molecule has 0 radical (unpaired) electrons. The molecule has 0 aliphatic heterocycles. The minimum absolute atomic E-state index is 0.139. The Morgan fingerprint density at radius 2 is 1.91 bits per heavy atom. The second-order valence-electron chi connectivity index (χ2n) is 9.53. The average molecular weight is 466 g/mol. The number of aromatic nitrogens is 2. The molecule has 0 saturated carbocycles. The van der Waals surface area contributed by atoms with E-state index >= 15 is 0 Å². The first kappa shape index (κ1) is 24.8. The third-order valence-electron chi connectivity index (χ3n) is 5.42. The number of carbonyl (C=O) groups is 1. The van der Waals surface area contributed by atoms with E-state index in [-0.39, 0.29) is 12.2 Å². The molecule has 0 bridgehead atoms. The lowest BCUT2D eigenvalue weighted by molar-refractivity contribution is -0.148. The van der Waals surface area contributed by atoms with Crippen molar-refractivity contribution in [2.24, 2.45) is 10.8 Å². The summed E-state index contributed by atoms with van der Waals surface area (Å²) in [7, 11) is 1.53. The molecule has 0 spiro atoms. The van der Waals surface area contributed by atoms with Gasteiger partial charge >= 0.3 is 5.97 Å². The van der Waals surface area contributed by atoms with Gasteiger partial charge in [-0.15, -0.1) is 6.42 Å². The zero-order valence-electron chi connectivity index (χ0n) is 19.9. The molecule has 0 aliphatic rings. The molecule has 2 aromatic carbocycles. The molecule has 8 heteroatoms. The predicted octanol–water partition coefficient (Wildman–Crippen LogP) is 5.41. The van der Waals surface area contributed by atoms with Crippen molar-refractivity contribution in [1.82, 2.24) is 9.97 Å². The van der Waals surface area contributed by atoms with Gasteiger partial charge in [-0.3, -0.25) is 4.79 Å². The number of aliphatic carboxylic acids is 1. The zero-order chi connectivity index (χ0) is 25.1. The van der Waals surface area contributed by atoms with Gasteiger partial charge in [-0.25, -0.2) is 14.4 Å². The van der Waals surface area contributed by atoms with E-state index in [9.17, 15) is 14.3 Å². The van der Waals surface area contributed by atoms with Gasteiger partial charge in [-0.05, 0) is 49.9 Å². The summed E-state index contributed by atoms with van der Waals surface area (Å²) in [4.78, 5) is 20.2. The summed E-state index contributed by atoms with van der Waals surface area (Å²) in [5.41, 5.74) is 0.0190. The minimum atomic E-state index is -0.891. The highest BCUT2D eigenvalue weighted by atomic mass is 19.1. The van der Waals surface area contributed by atoms with Crippen LogP contribution in [0.5, 0.6) is 11.5 Å². The number of hydrogen-bond donors (Lipinski definition) is 2. The maximum Gasteiger partial charge on any atom is 0.309 e. The fraction of sp³-hybridized carbons (Fsp3) is 0.346. The number of carboxylic acid groups (broad SMARTS) is 1. The summed E-state index contributed by atoms with van der Waals surface area (Å²) < 4.78 is 25.4. The lowest BCUT2D eigenvalue weighted by Gasteiger charge is -2.32. The number of hydrogen-bond acceptors (Lipinski definition) is 6. The van der Waals surface area contributed by atoms with Crippen LogP contribution in [0.2, 0.25) is 0 Å². The van der Waals surface area contributed by atoms with Crippen molar-refractivity contribution in [2.45, 2.75) is 34.1 Å². The third-order valence-corrected chi connectivity index (χ3v) is 5.42. The van der Waals surface area contributed by atoms with Crippen LogP contribution >= 0.6 is 0 Å². The van der Waals surface area contributed by atoms with Gasteiger partial charge in [0.1, 0.15) is 18.0 Å². The summed E-state index contributed by atoms with van der Waals surface area (Å²) in [5, 5.41) is 13.3. The van der Waals surface area contributed by atoms with E-state index in [0.717, 1.165) is 0 Å². The van der Waals surface area contributed by atoms with Gasteiger partial charge in [0, 0.05) is 17.1 Å². The van der Waals surface area contributed by atoms with Crippen LogP contribution in [-0.2, 0) is 4.79 Å². The molecule has 178 valence electrons. The number of anilines is 2. The molecular weight excluding hydrogens is 437 g/mol. The Labute approximate surface area is 198 Å². The van der Waals surface area contributed by atoms with Crippen LogP contribution in [0.4, 0.5) is 15.9 Å². The Kier molecular flexibility index (Phi) is 6.96. The Morgan fingerprint density at radius 3 is 2.56 bits per heavy atom. The number of rotatable bonds is 9. The van der Waals surface area contributed by atoms with Crippen LogP contribution in [-0.4, -0.2) is 34.8 Å². The molecule has 3 aromatic rings. The van der Waals surface area contributed by atoms with E-state index in [1.165, 1.54) is 25.6 Å². The molecule has 0 saturated heterocycles. The van der Waals surface area contributed by atoms with Crippen LogP contribution < -0.4 is 14.8 Å². The second kappa shape index (κ2) is 9.56. The molecule has 34 heavy (non-hydrogen) atoms. The molecule has 0 aliphatic carbocycles. The number of fused-ring (bicyclic) bond motifs is 1. The summed E-state index contributed by atoms with van der Waals surface area (Å²) in [6.45, 7) is 7.58. The highest BCUT2D eigenvalue weighted by Crippen LogP contribution is 2.38. The molecule has 0 unspecified atom stereocenters. The van der Waals surface area contributed by atoms with Crippen LogP contribution in [0, 0.1) is 29.0 Å². The first-order valence-electron chi connectivity index (χ1n) is 10.7. The summed E-state index contributed by atoms with van der Waals surface area (Å²) >= 11 is 0. The third kappa shape index (κ3) is 5.54. The highest BCUT2D eigenvalue weighted by molar-refractivity contribution is 5.93. The SMILES string of the molecule is C#Cc1cc(Nc2ncnc3cc(OC)c(OCC(C)(C)CC(C)(C)C(=O)O)cc23)ccc1F. The molecule has 1 aromatic heterocycles. The van der Waals surface area contributed by atoms with Crippen molar-refractivity contribution in [3.8, 4) is 23.8 Å². The topological polar surface area (TPSA) is 93.6 Å². The van der Waals surface area contributed by atoms with Gasteiger partial charge < -0.3 is 19.9 Å². The zero-order valence-corrected chi connectivity index (χ0v) is 19.9. The number of ether oxygens (including phenoxy) is 2. The fourth-order valence-corrected chi connectivity index (χ4v) is 3.88. The van der Waals surface area contributed by atoms with Crippen LogP contribution in [0.3, 0.4) is 0 Å². The quantitative estimate of drug-likeness (QED) is 0.408. The molecule has 0 atom stereocenters. The van der Waals surface area contributed by atoms with Gasteiger partial charge in [-0.2, -0.15) is 0 Å². The fourth-order valence-electron chi connectivity index (χ4n) is 3.88. The number of nitrogens with one attached hydrogen (secondary N) is 1. The maximum absolute atomic E-state index is 13.8. The van der Waals surface area contributed by atoms with E-state index in [2.05, 4.69) is 21.2 Å². The number of carboxylic acids is 1. The van der Waals surface area contributed by atoms with E-state index < -0.39 is 22.6 Å². The first-order chi connectivity index (χ1) is 16.0. The van der Waals surface area contributed by atoms with E-state index in [0.29, 0.717) is 40.3 Å². The van der Waals surface area contributed by atoms with E-state index in [1.807, 2.05) is 13.8 Å². The standard InChI is InChI=1S/C26H28FN3O4/c1-7-16-10-17(8-9-19(16)27)30-23-18-11-22(21(33-6)12-20(18)28-15-29-23)34-14-25(2,3)13-26(4,5)24(31)32/h1,8-12,15H,13-14H2,2-6H3,(H,31,32)(H,28,29,30). The van der Waals surface area contributed by atoms with Crippen LogP contribution in [0.25, 0.3) is 10.9 Å². The Bertz CT molecular complexity index is 1260. The first-order valence-corrected chi connectivity index (χ1v) is 10.7. The van der Waals surface area contributed by atoms with Gasteiger partial charge in [0.2, 0.25) is 0 Å². The van der Waals surface area contributed by atoms with Crippen molar-refractivity contribution < 1.29 is 23.8 Å². The Morgan fingerprint density at radius 1 is 1.18 bits per heavy atom. The Hall–Kier alpha value is -3.86. The maximum atomic E-state index is 13.8. The lowest BCUT2D eigenvalue weighted by Crippen LogP contribution is -2.33. The largest absolute Gasteiger partial charge is 0.493 e. The molecular formula is C26H28FN3O4. The molecule has 0 fully saturated rings. The number of nitrogens with zero attached hydrogens (tertiary/aromatic N) is 2. The number of halogens is 1. The van der Waals surface area contributed by atoms with Crippen molar-refractivity contribution >= 4 is 28.4 Å². The normalized spacial score (nSPS) is 11.7. The highest BCUT2D eigenvalue weighted by Gasteiger charge is 2.35. The number of methoxy groups -OCH3 is 1. The van der Waals surface area contributed by atoms with Gasteiger partial charge in [0.25, 0.3) is 0 Å². The summed E-state index contributed by atoms with van der Waals surface area (Å²) in [6.07, 6.45) is 7.20. The van der Waals surface area contributed by atoms with Crippen LogP contribution in [0.1, 0.15) is 39.7 Å². The monoisotopic (exact) mass is 465 g/mol. The van der Waals surface area contributed by atoms with E-state index in [4.69, 9.17) is 15.9 Å². The van der Waals surface area contributed by atoms with Crippen molar-refractivity contribution in [3.05, 3.63) is 48.0 Å². The molecule has 2 N–H and O–H groups in total. The molecule has 3 rings (SSSR count). The molecule has 0 amide bonds. The van der Waals surface area contributed by atoms with Crippen molar-refractivity contribution in [1.29, 1.82) is 0 Å². The summed E-state index contributed by atoms with van der Waals surface area (Å²) in [5.74, 6) is 2.42. The lowest BCUT2D eigenvalue weighted by atomic mass is 9.75. The Balaban J connectivity index is 1.92. The summed E-state index contributed by atoms with van der Waals surface area (Å²) in [6, 6.07) is 7.89. The average Bonchev–Trinajstić information content (AvgIpc) is 2.77. The van der Waals surface area contributed by atoms with Gasteiger partial charge in [0.05, 0.1) is 30.2 Å². The number of terminal acetylenes is 1. The second-order valence-corrected chi connectivity index (χ2v) is 9.53. The minimum Gasteiger partial charge on any atom is -0.493 e. The van der Waals surface area contributed by atoms with Crippen LogP contribution in [0.15, 0.2) is 36.7 Å². The van der Waals surface area contributed by atoms with Gasteiger partial charge in [0.15, 0.2) is 11.5 Å². The molecule has 7 nitrogen and oxygen atoms in total. The van der Waals surface area contributed by atoms with Crippen molar-refractivity contribution in [3.63, 3.8) is 0 Å². The molecule has 1 heterocycles. The smallest absolute Gasteiger partial charge is 0.309 e. The van der Waals surface area contributed by atoms with Gasteiger partial charge in [-0.1, -0.05) is 19.8 Å².